The van der Waals surface area contributed by atoms with Crippen LogP contribution in [0.5, 0.6) is 0 Å². The number of nitrogens with one attached hydrogen (secondary N) is 1. The van der Waals surface area contributed by atoms with E-state index in [0.717, 1.165) is 5.56 Å². The van der Waals surface area contributed by atoms with Crippen LogP contribution in [0.2, 0.25) is 0 Å². The molecule has 0 aliphatic rings. The Morgan fingerprint density at radius 1 is 1.44 bits per heavy atom. The minimum absolute atomic E-state index is 0.205. The van der Waals surface area contributed by atoms with Crippen molar-refractivity contribution in [2.75, 3.05) is 0 Å². The van der Waals surface area contributed by atoms with Gasteiger partial charge >= 0.3 is 0 Å². The lowest BCUT2D eigenvalue weighted by Crippen LogP contribution is -2.25. The second-order valence-electron chi connectivity index (χ2n) is 4.07. The molecule has 18 heavy (non-hydrogen) atoms. The summed E-state index contributed by atoms with van der Waals surface area (Å²) in [4.78, 5) is 23.2. The van der Waals surface area contributed by atoms with E-state index in [1.807, 2.05) is 13.2 Å². The molecule has 2 rings (SSSR count). The van der Waals surface area contributed by atoms with Crippen LogP contribution < -0.4 is 10.9 Å². The summed E-state index contributed by atoms with van der Waals surface area (Å²) in [5, 5.41) is 6.74. The summed E-state index contributed by atoms with van der Waals surface area (Å²) in [5.41, 5.74) is 1.07. The number of nitrogens with zero attached hydrogens (tertiary/aromatic N) is 3. The number of aromatic nitrogens is 3. The van der Waals surface area contributed by atoms with Crippen LogP contribution in [0.4, 0.5) is 0 Å². The van der Waals surface area contributed by atoms with Crippen LogP contribution in [0.1, 0.15) is 15.9 Å². The first-order valence-corrected chi connectivity index (χ1v) is 5.48. The third-order valence-corrected chi connectivity index (χ3v) is 2.58. The molecule has 6 nitrogen and oxygen atoms in total. The highest BCUT2D eigenvalue weighted by Gasteiger charge is 2.06. The SMILES string of the molecule is Cn1cc(CNC(=O)c2ccn(C)c(=O)c2)cn1. The van der Waals surface area contributed by atoms with E-state index in [1.165, 1.54) is 10.6 Å². The molecule has 0 aromatic carbocycles. The number of hydrogen-bond acceptors (Lipinski definition) is 3. The van der Waals surface area contributed by atoms with Crippen LogP contribution in [0.15, 0.2) is 35.5 Å². The molecule has 1 amide bonds. The zero-order valence-electron chi connectivity index (χ0n) is 10.3. The Morgan fingerprint density at radius 3 is 2.83 bits per heavy atom. The smallest absolute Gasteiger partial charge is 0.251 e. The molecule has 2 heterocycles. The van der Waals surface area contributed by atoms with Gasteiger partial charge in [0, 0.05) is 50.2 Å². The number of rotatable bonds is 3. The highest BCUT2D eigenvalue weighted by Crippen LogP contribution is 1.98. The van der Waals surface area contributed by atoms with Gasteiger partial charge in [-0.1, -0.05) is 0 Å². The van der Waals surface area contributed by atoms with Crippen molar-refractivity contribution in [3.8, 4) is 0 Å². The maximum atomic E-state index is 11.8. The standard InChI is InChI=1S/C12H14N4O2/c1-15-4-3-10(5-11(15)17)12(18)13-6-9-7-14-16(2)8-9/h3-5,7-8H,6H2,1-2H3,(H,13,18). The molecular formula is C12H14N4O2. The molecule has 0 radical (unpaired) electrons. The first-order valence-electron chi connectivity index (χ1n) is 5.48. The van der Waals surface area contributed by atoms with Crippen LogP contribution in [0.3, 0.4) is 0 Å². The summed E-state index contributed by atoms with van der Waals surface area (Å²) < 4.78 is 3.08. The zero-order chi connectivity index (χ0) is 13.1. The van der Waals surface area contributed by atoms with Crippen molar-refractivity contribution in [3.05, 3.63) is 52.2 Å². The Balaban J connectivity index is 2.03. The first-order chi connectivity index (χ1) is 8.56. The van der Waals surface area contributed by atoms with Gasteiger partial charge in [0.1, 0.15) is 0 Å². The molecule has 0 saturated carbocycles. The Kier molecular flexibility index (Phi) is 3.27. The molecule has 0 spiro atoms. The maximum Gasteiger partial charge on any atom is 0.251 e. The van der Waals surface area contributed by atoms with Crippen molar-refractivity contribution in [2.24, 2.45) is 14.1 Å². The number of aryl methyl sites for hydroxylation is 2. The van der Waals surface area contributed by atoms with E-state index in [9.17, 15) is 9.59 Å². The summed E-state index contributed by atoms with van der Waals surface area (Å²) in [6.07, 6.45) is 5.08. The molecule has 0 fully saturated rings. The zero-order valence-corrected chi connectivity index (χ0v) is 10.3. The highest BCUT2D eigenvalue weighted by atomic mass is 16.2. The molecule has 0 unspecified atom stereocenters. The van der Waals surface area contributed by atoms with E-state index in [1.54, 1.807) is 30.2 Å². The molecule has 0 aliphatic carbocycles. The molecular weight excluding hydrogens is 232 g/mol. The molecule has 1 N–H and O–H groups in total. The van der Waals surface area contributed by atoms with Gasteiger partial charge in [0.05, 0.1) is 6.20 Å². The largest absolute Gasteiger partial charge is 0.348 e. The maximum absolute atomic E-state index is 11.8. The minimum Gasteiger partial charge on any atom is -0.348 e. The Bertz CT molecular complexity index is 627. The molecule has 0 saturated heterocycles. The number of carbonyl (C=O) groups is 1. The van der Waals surface area contributed by atoms with E-state index in [0.29, 0.717) is 12.1 Å². The lowest BCUT2D eigenvalue weighted by Gasteiger charge is -2.04. The van der Waals surface area contributed by atoms with Crippen LogP contribution >= 0.6 is 0 Å². The fraction of sp³-hybridized carbons (Fsp3) is 0.250. The van der Waals surface area contributed by atoms with Crippen molar-refractivity contribution in [3.63, 3.8) is 0 Å². The topological polar surface area (TPSA) is 68.9 Å². The van der Waals surface area contributed by atoms with Gasteiger partial charge < -0.3 is 9.88 Å². The molecule has 94 valence electrons. The average molecular weight is 246 g/mol. The van der Waals surface area contributed by atoms with E-state index in [-0.39, 0.29) is 11.5 Å². The first kappa shape index (κ1) is 12.1. The van der Waals surface area contributed by atoms with E-state index < -0.39 is 0 Å². The van der Waals surface area contributed by atoms with Gasteiger partial charge in [-0.25, -0.2) is 0 Å². The van der Waals surface area contributed by atoms with Gasteiger partial charge in [0.15, 0.2) is 0 Å². The van der Waals surface area contributed by atoms with Crippen LogP contribution in [0, 0.1) is 0 Å². The van der Waals surface area contributed by atoms with Gasteiger partial charge in [-0.15, -0.1) is 0 Å². The van der Waals surface area contributed by atoms with Crippen LogP contribution in [0.25, 0.3) is 0 Å². The highest BCUT2D eigenvalue weighted by molar-refractivity contribution is 5.93. The van der Waals surface area contributed by atoms with Crippen LogP contribution in [-0.2, 0) is 20.6 Å². The van der Waals surface area contributed by atoms with Crippen molar-refractivity contribution in [1.29, 1.82) is 0 Å². The molecule has 2 aromatic heterocycles. The van der Waals surface area contributed by atoms with Crippen molar-refractivity contribution >= 4 is 5.91 Å². The second kappa shape index (κ2) is 4.87. The van der Waals surface area contributed by atoms with Gasteiger partial charge in [-0.2, -0.15) is 5.10 Å². The van der Waals surface area contributed by atoms with Crippen molar-refractivity contribution < 1.29 is 4.79 Å². The Labute approximate surface area is 104 Å². The van der Waals surface area contributed by atoms with Gasteiger partial charge in [0.25, 0.3) is 11.5 Å². The third-order valence-electron chi connectivity index (χ3n) is 2.58. The Hall–Kier alpha value is -2.37. The average Bonchev–Trinajstić information content (AvgIpc) is 2.75. The fourth-order valence-corrected chi connectivity index (χ4v) is 1.54. The summed E-state index contributed by atoms with van der Waals surface area (Å²) in [7, 11) is 3.45. The quantitative estimate of drug-likeness (QED) is 0.832. The molecule has 0 bridgehead atoms. The van der Waals surface area contributed by atoms with E-state index >= 15 is 0 Å². The predicted molar refractivity (Wildman–Crippen MR) is 66.1 cm³/mol. The normalized spacial score (nSPS) is 10.3. The second-order valence-corrected chi connectivity index (χ2v) is 4.07. The summed E-state index contributed by atoms with van der Waals surface area (Å²) >= 11 is 0. The lowest BCUT2D eigenvalue weighted by atomic mass is 10.2. The molecule has 2 aromatic rings. The molecule has 0 aliphatic heterocycles. The van der Waals surface area contributed by atoms with E-state index in [2.05, 4.69) is 10.4 Å². The van der Waals surface area contributed by atoms with Crippen LogP contribution in [-0.4, -0.2) is 20.3 Å². The van der Waals surface area contributed by atoms with Gasteiger partial charge in [-0.3, -0.25) is 14.3 Å². The number of amides is 1. The number of carbonyl (C=O) groups excluding carboxylic acids is 1. The Morgan fingerprint density at radius 2 is 2.22 bits per heavy atom. The summed E-state index contributed by atoms with van der Waals surface area (Å²) in [5.74, 6) is -0.267. The summed E-state index contributed by atoms with van der Waals surface area (Å²) in [6.45, 7) is 0.391. The monoisotopic (exact) mass is 246 g/mol. The lowest BCUT2D eigenvalue weighted by molar-refractivity contribution is 0.0950. The number of pyridine rings is 1. The number of hydrogen-bond donors (Lipinski definition) is 1. The van der Waals surface area contributed by atoms with Crippen molar-refractivity contribution in [1.82, 2.24) is 19.7 Å². The third kappa shape index (κ3) is 2.65. The van der Waals surface area contributed by atoms with Crippen molar-refractivity contribution in [2.45, 2.75) is 6.54 Å². The fourth-order valence-electron chi connectivity index (χ4n) is 1.54. The molecule has 0 atom stereocenters. The van der Waals surface area contributed by atoms with Gasteiger partial charge in [0.2, 0.25) is 0 Å². The van der Waals surface area contributed by atoms with E-state index in [4.69, 9.17) is 0 Å². The minimum atomic E-state index is -0.267. The predicted octanol–water partition coefficient (Wildman–Crippen LogP) is 0.0488. The summed E-state index contributed by atoms with van der Waals surface area (Å²) in [6, 6.07) is 2.93. The molecule has 6 heteroatoms. The van der Waals surface area contributed by atoms with Gasteiger partial charge in [-0.05, 0) is 6.07 Å².